The molecule has 0 aliphatic carbocycles. The monoisotopic (exact) mass is 342 g/mol. The lowest BCUT2D eigenvalue weighted by Gasteiger charge is -2.35. The molecule has 1 aliphatic heterocycles. The van der Waals surface area contributed by atoms with E-state index >= 15 is 0 Å². The van der Waals surface area contributed by atoms with Crippen LogP contribution in [0.25, 0.3) is 0 Å². The molecule has 0 amide bonds. The minimum absolute atomic E-state index is 0. The number of rotatable bonds is 4. The van der Waals surface area contributed by atoms with E-state index in [0.29, 0.717) is 31.9 Å². The summed E-state index contributed by atoms with van der Waals surface area (Å²) >= 11 is 0. The molecule has 1 aromatic rings. The lowest BCUT2D eigenvalue weighted by atomic mass is 10.00. The zero-order valence-corrected chi connectivity index (χ0v) is 12.9. The topological polar surface area (TPSA) is 24.5 Å². The highest BCUT2D eigenvalue weighted by atomic mass is 35.5. The van der Waals surface area contributed by atoms with Gasteiger partial charge in [0.05, 0.1) is 13.5 Å². The van der Waals surface area contributed by atoms with Gasteiger partial charge in [0.1, 0.15) is 11.6 Å². The maximum absolute atomic E-state index is 14.0. The SMILES string of the molecule is COc1ccc(F)c([C@@H](CC(F)(F)F)N2CCNCC2)c1.Cl. The maximum Gasteiger partial charge on any atom is 0.390 e. The average Bonchev–Trinajstić information content (AvgIpc) is 2.45. The average molecular weight is 343 g/mol. The van der Waals surface area contributed by atoms with Crippen molar-refractivity contribution >= 4 is 12.4 Å². The Morgan fingerprint density at radius 1 is 1.27 bits per heavy atom. The summed E-state index contributed by atoms with van der Waals surface area (Å²) in [6.45, 7) is 2.11. The third kappa shape index (κ3) is 5.00. The van der Waals surface area contributed by atoms with Crippen molar-refractivity contribution in [2.24, 2.45) is 0 Å². The van der Waals surface area contributed by atoms with Crippen LogP contribution in [0.5, 0.6) is 5.75 Å². The molecule has 0 spiro atoms. The molecular weight excluding hydrogens is 324 g/mol. The summed E-state index contributed by atoms with van der Waals surface area (Å²) < 4.78 is 57.6. The van der Waals surface area contributed by atoms with Crippen LogP contribution in [0.15, 0.2) is 18.2 Å². The molecule has 0 aromatic heterocycles. The van der Waals surface area contributed by atoms with Gasteiger partial charge in [-0.05, 0) is 18.2 Å². The van der Waals surface area contributed by atoms with Gasteiger partial charge < -0.3 is 10.1 Å². The second-order valence-corrected chi connectivity index (χ2v) is 5.01. The van der Waals surface area contributed by atoms with Crippen molar-refractivity contribution in [1.82, 2.24) is 10.2 Å². The Morgan fingerprint density at radius 3 is 2.45 bits per heavy atom. The number of nitrogens with one attached hydrogen (secondary N) is 1. The van der Waals surface area contributed by atoms with Gasteiger partial charge in [-0.15, -0.1) is 12.4 Å². The molecule has 0 unspecified atom stereocenters. The molecule has 0 radical (unpaired) electrons. The van der Waals surface area contributed by atoms with Crippen molar-refractivity contribution in [3.8, 4) is 5.75 Å². The minimum atomic E-state index is -4.36. The summed E-state index contributed by atoms with van der Waals surface area (Å²) in [7, 11) is 1.40. The van der Waals surface area contributed by atoms with E-state index in [9.17, 15) is 17.6 Å². The molecule has 1 aliphatic rings. The van der Waals surface area contributed by atoms with E-state index in [-0.39, 0.29) is 18.0 Å². The summed E-state index contributed by atoms with van der Waals surface area (Å²) in [6, 6.07) is 2.89. The second kappa shape index (κ2) is 7.99. The standard InChI is InChI=1S/C14H18F4N2O.ClH/c1-21-10-2-3-12(15)11(8-10)13(9-14(16,17)18)20-6-4-19-5-7-20;/h2-3,8,13,19H,4-7,9H2,1H3;1H/t13-;/m1./s1. The summed E-state index contributed by atoms with van der Waals surface area (Å²) in [6.07, 6.45) is -5.43. The predicted molar refractivity (Wildman–Crippen MR) is 78.1 cm³/mol. The lowest BCUT2D eigenvalue weighted by Crippen LogP contribution is -2.46. The van der Waals surface area contributed by atoms with Crippen LogP contribution in [0.1, 0.15) is 18.0 Å². The lowest BCUT2D eigenvalue weighted by molar-refractivity contribution is -0.149. The van der Waals surface area contributed by atoms with Crippen LogP contribution in [0.2, 0.25) is 0 Å². The highest BCUT2D eigenvalue weighted by Gasteiger charge is 2.37. The predicted octanol–water partition coefficient (Wildman–Crippen LogP) is 3.15. The molecule has 0 bridgehead atoms. The van der Waals surface area contributed by atoms with Gasteiger partial charge in [-0.2, -0.15) is 13.2 Å². The molecule has 3 nitrogen and oxygen atoms in total. The molecule has 2 rings (SSSR count). The van der Waals surface area contributed by atoms with Crippen molar-refractivity contribution in [2.45, 2.75) is 18.6 Å². The van der Waals surface area contributed by atoms with E-state index in [1.807, 2.05) is 0 Å². The highest BCUT2D eigenvalue weighted by molar-refractivity contribution is 5.85. The van der Waals surface area contributed by atoms with Gasteiger partial charge in [-0.1, -0.05) is 0 Å². The van der Waals surface area contributed by atoms with Crippen LogP contribution in [0, 0.1) is 5.82 Å². The summed E-state index contributed by atoms with van der Waals surface area (Å²) in [5.41, 5.74) is 0.0357. The number of benzene rings is 1. The van der Waals surface area contributed by atoms with Crippen LogP contribution in [-0.4, -0.2) is 44.4 Å². The van der Waals surface area contributed by atoms with Crippen molar-refractivity contribution in [3.63, 3.8) is 0 Å². The maximum atomic E-state index is 14.0. The van der Waals surface area contributed by atoms with E-state index in [1.54, 1.807) is 4.90 Å². The van der Waals surface area contributed by atoms with Gasteiger partial charge in [-0.3, -0.25) is 4.90 Å². The van der Waals surface area contributed by atoms with E-state index in [0.717, 1.165) is 6.07 Å². The van der Waals surface area contributed by atoms with Crippen LogP contribution < -0.4 is 10.1 Å². The Morgan fingerprint density at radius 2 is 1.91 bits per heavy atom. The first-order chi connectivity index (χ1) is 9.90. The number of halogens is 5. The van der Waals surface area contributed by atoms with Crippen molar-refractivity contribution in [1.29, 1.82) is 0 Å². The third-order valence-corrected chi connectivity index (χ3v) is 3.58. The van der Waals surface area contributed by atoms with Crippen LogP contribution >= 0.6 is 12.4 Å². The second-order valence-electron chi connectivity index (χ2n) is 5.01. The van der Waals surface area contributed by atoms with Crippen LogP contribution in [0.3, 0.4) is 0 Å². The molecule has 1 atom stereocenters. The van der Waals surface area contributed by atoms with E-state index in [4.69, 9.17) is 4.74 Å². The fourth-order valence-corrected chi connectivity index (χ4v) is 2.55. The highest BCUT2D eigenvalue weighted by Crippen LogP contribution is 2.36. The molecule has 1 aromatic carbocycles. The van der Waals surface area contributed by atoms with Gasteiger partial charge >= 0.3 is 6.18 Å². The first kappa shape index (κ1) is 19.0. The molecule has 126 valence electrons. The number of hydrogen-bond acceptors (Lipinski definition) is 3. The van der Waals surface area contributed by atoms with Crippen LogP contribution in [0.4, 0.5) is 17.6 Å². The number of alkyl halides is 3. The molecule has 1 heterocycles. The number of ether oxygens (including phenoxy) is 1. The Balaban J connectivity index is 0.00000242. The first-order valence-electron chi connectivity index (χ1n) is 6.75. The first-order valence-corrected chi connectivity index (χ1v) is 6.75. The minimum Gasteiger partial charge on any atom is -0.497 e. The fraction of sp³-hybridized carbons (Fsp3) is 0.571. The summed E-state index contributed by atoms with van der Waals surface area (Å²) in [5.74, 6) is -0.280. The smallest absolute Gasteiger partial charge is 0.390 e. The Kier molecular flexibility index (Phi) is 6.90. The van der Waals surface area contributed by atoms with Gasteiger partial charge in [0.2, 0.25) is 0 Å². The van der Waals surface area contributed by atoms with E-state index < -0.39 is 24.5 Å². The fourth-order valence-electron chi connectivity index (χ4n) is 2.55. The van der Waals surface area contributed by atoms with Crippen molar-refractivity contribution < 1.29 is 22.3 Å². The largest absolute Gasteiger partial charge is 0.497 e. The normalized spacial score (nSPS) is 17.7. The van der Waals surface area contributed by atoms with Gasteiger partial charge in [-0.25, -0.2) is 4.39 Å². The number of piperazine rings is 1. The van der Waals surface area contributed by atoms with E-state index in [1.165, 1.54) is 19.2 Å². The van der Waals surface area contributed by atoms with Crippen molar-refractivity contribution in [3.05, 3.63) is 29.6 Å². The van der Waals surface area contributed by atoms with Crippen LogP contribution in [-0.2, 0) is 0 Å². The van der Waals surface area contributed by atoms with Gasteiger partial charge in [0, 0.05) is 37.8 Å². The molecule has 0 saturated carbocycles. The van der Waals surface area contributed by atoms with Gasteiger partial charge in [0.25, 0.3) is 0 Å². The number of methoxy groups -OCH3 is 1. The quantitative estimate of drug-likeness (QED) is 0.851. The molecule has 1 N–H and O–H groups in total. The molecule has 1 fully saturated rings. The molecular formula is C14H19ClF4N2O. The Bertz CT molecular complexity index is 478. The molecule has 8 heteroatoms. The zero-order chi connectivity index (χ0) is 15.5. The van der Waals surface area contributed by atoms with Crippen molar-refractivity contribution in [2.75, 3.05) is 33.3 Å². The molecule has 1 saturated heterocycles. The Labute approximate surface area is 133 Å². The summed E-state index contributed by atoms with van der Waals surface area (Å²) in [5, 5.41) is 3.08. The Hall–Kier alpha value is -1.05. The third-order valence-electron chi connectivity index (χ3n) is 3.58. The van der Waals surface area contributed by atoms with Gasteiger partial charge in [0.15, 0.2) is 0 Å². The number of nitrogens with zero attached hydrogens (tertiary/aromatic N) is 1. The number of hydrogen-bond donors (Lipinski definition) is 1. The summed E-state index contributed by atoms with van der Waals surface area (Å²) in [4.78, 5) is 1.67. The zero-order valence-electron chi connectivity index (χ0n) is 12.1. The van der Waals surface area contributed by atoms with E-state index in [2.05, 4.69) is 5.32 Å². The molecule has 22 heavy (non-hydrogen) atoms.